The molecule has 0 bridgehead atoms. The van der Waals surface area contributed by atoms with Gasteiger partial charge >= 0.3 is 0 Å². The monoisotopic (exact) mass is 246 g/mol. The normalized spacial score (nSPS) is 19.1. The highest BCUT2D eigenvalue weighted by molar-refractivity contribution is 5.98. The summed E-state index contributed by atoms with van der Waals surface area (Å²) >= 11 is 0. The maximum absolute atomic E-state index is 11.9. The smallest absolute Gasteiger partial charge is 0.229 e. The van der Waals surface area contributed by atoms with E-state index in [4.69, 9.17) is 0 Å². The number of hydrogen-bond donors (Lipinski definition) is 0. The number of pyridine rings is 1. The van der Waals surface area contributed by atoms with Crippen LogP contribution < -0.4 is 0 Å². The predicted molar refractivity (Wildman–Crippen MR) is 67.7 cm³/mol. The summed E-state index contributed by atoms with van der Waals surface area (Å²) in [5.74, 6) is -0.111. The van der Waals surface area contributed by atoms with E-state index >= 15 is 0 Å². The van der Waals surface area contributed by atoms with Crippen LogP contribution in [0.1, 0.15) is 32.3 Å². The Bertz CT molecular complexity index is 434. The van der Waals surface area contributed by atoms with E-state index in [-0.39, 0.29) is 17.2 Å². The maximum Gasteiger partial charge on any atom is 0.229 e. The summed E-state index contributed by atoms with van der Waals surface area (Å²) in [6.45, 7) is 4.38. The summed E-state index contributed by atoms with van der Waals surface area (Å²) in [6, 6.07) is 3.81. The average Bonchev–Trinajstić information content (AvgIpc) is 2.27. The first kappa shape index (κ1) is 12.7. The third-order valence-corrected chi connectivity index (χ3v) is 3.21. The molecule has 2 amide bonds. The van der Waals surface area contributed by atoms with E-state index in [9.17, 15) is 9.59 Å². The molecule has 96 valence electrons. The maximum atomic E-state index is 11.9. The first-order valence-corrected chi connectivity index (χ1v) is 6.20. The van der Waals surface area contributed by atoms with Crippen LogP contribution in [0.3, 0.4) is 0 Å². The first-order valence-electron chi connectivity index (χ1n) is 6.20. The molecule has 2 rings (SSSR count). The summed E-state index contributed by atoms with van der Waals surface area (Å²) in [6.07, 6.45) is 5.05. The standard InChI is InChI=1S/C14H18N2O2/c1-14(2)8-12(17)16(13(18)9-14)7-5-11-4-3-6-15-10-11/h3-4,6,10H,5,7-9H2,1-2H3. The summed E-state index contributed by atoms with van der Waals surface area (Å²) in [7, 11) is 0. The molecule has 4 nitrogen and oxygen atoms in total. The highest BCUT2D eigenvalue weighted by Gasteiger charge is 2.36. The lowest BCUT2D eigenvalue weighted by Gasteiger charge is -2.34. The number of piperidine rings is 1. The average molecular weight is 246 g/mol. The zero-order valence-electron chi connectivity index (χ0n) is 10.8. The molecule has 0 saturated carbocycles. The van der Waals surface area contributed by atoms with Gasteiger partial charge in [-0.3, -0.25) is 19.5 Å². The van der Waals surface area contributed by atoms with Gasteiger partial charge in [-0.05, 0) is 23.5 Å². The van der Waals surface area contributed by atoms with Crippen molar-refractivity contribution in [2.24, 2.45) is 5.41 Å². The molecule has 0 aromatic carbocycles. The lowest BCUT2D eigenvalue weighted by atomic mass is 9.81. The van der Waals surface area contributed by atoms with Crippen molar-refractivity contribution in [1.29, 1.82) is 0 Å². The number of amides is 2. The molecule has 2 heterocycles. The molecule has 1 aliphatic heterocycles. The zero-order chi connectivity index (χ0) is 13.2. The van der Waals surface area contributed by atoms with E-state index in [1.54, 1.807) is 12.4 Å². The van der Waals surface area contributed by atoms with Crippen LogP contribution in [-0.2, 0) is 16.0 Å². The van der Waals surface area contributed by atoms with Gasteiger partial charge in [-0.25, -0.2) is 0 Å². The Morgan fingerprint density at radius 1 is 1.28 bits per heavy atom. The minimum absolute atomic E-state index is 0.0554. The molecular weight excluding hydrogens is 228 g/mol. The summed E-state index contributed by atoms with van der Waals surface area (Å²) in [5.41, 5.74) is 0.849. The number of hydrogen-bond acceptors (Lipinski definition) is 3. The third kappa shape index (κ3) is 2.94. The van der Waals surface area contributed by atoms with E-state index in [1.807, 2.05) is 26.0 Å². The van der Waals surface area contributed by atoms with Crippen molar-refractivity contribution < 1.29 is 9.59 Å². The van der Waals surface area contributed by atoms with E-state index in [2.05, 4.69) is 4.98 Å². The van der Waals surface area contributed by atoms with Crippen LogP contribution >= 0.6 is 0 Å². The minimum atomic E-state index is -0.195. The molecule has 1 aromatic rings. The molecule has 1 aliphatic rings. The number of rotatable bonds is 3. The fourth-order valence-corrected chi connectivity index (χ4v) is 2.25. The molecule has 0 aliphatic carbocycles. The van der Waals surface area contributed by atoms with E-state index in [0.717, 1.165) is 5.56 Å². The van der Waals surface area contributed by atoms with Gasteiger partial charge in [-0.2, -0.15) is 0 Å². The Kier molecular flexibility index (Phi) is 3.45. The van der Waals surface area contributed by atoms with Crippen LogP contribution in [0.25, 0.3) is 0 Å². The van der Waals surface area contributed by atoms with Crippen LogP contribution in [-0.4, -0.2) is 28.2 Å². The lowest BCUT2D eigenvalue weighted by molar-refractivity contribution is -0.152. The second-order valence-electron chi connectivity index (χ2n) is 5.57. The molecule has 0 atom stereocenters. The van der Waals surface area contributed by atoms with Crippen molar-refractivity contribution in [3.8, 4) is 0 Å². The number of likely N-dealkylation sites (tertiary alicyclic amines) is 1. The number of imide groups is 1. The highest BCUT2D eigenvalue weighted by Crippen LogP contribution is 2.31. The van der Waals surface area contributed by atoms with Gasteiger partial charge in [0.2, 0.25) is 11.8 Å². The van der Waals surface area contributed by atoms with Crippen molar-refractivity contribution in [2.75, 3.05) is 6.54 Å². The fraction of sp³-hybridized carbons (Fsp3) is 0.500. The second kappa shape index (κ2) is 4.88. The van der Waals surface area contributed by atoms with Gasteiger partial charge in [0.05, 0.1) is 0 Å². The van der Waals surface area contributed by atoms with E-state index in [0.29, 0.717) is 25.8 Å². The lowest BCUT2D eigenvalue weighted by Crippen LogP contribution is -2.46. The fourth-order valence-electron chi connectivity index (χ4n) is 2.25. The number of nitrogens with zero attached hydrogens (tertiary/aromatic N) is 2. The van der Waals surface area contributed by atoms with Crippen LogP contribution in [0.5, 0.6) is 0 Å². The van der Waals surface area contributed by atoms with Crippen molar-refractivity contribution in [1.82, 2.24) is 9.88 Å². The molecular formula is C14H18N2O2. The summed E-state index contributed by atoms with van der Waals surface area (Å²) in [4.78, 5) is 29.3. The quantitative estimate of drug-likeness (QED) is 0.764. The Morgan fingerprint density at radius 2 is 1.94 bits per heavy atom. The van der Waals surface area contributed by atoms with Gasteiger partial charge in [0.25, 0.3) is 0 Å². The van der Waals surface area contributed by atoms with Crippen molar-refractivity contribution >= 4 is 11.8 Å². The van der Waals surface area contributed by atoms with Crippen molar-refractivity contribution in [2.45, 2.75) is 33.1 Å². The largest absolute Gasteiger partial charge is 0.282 e. The molecule has 4 heteroatoms. The summed E-state index contributed by atoms with van der Waals surface area (Å²) in [5, 5.41) is 0. The highest BCUT2D eigenvalue weighted by atomic mass is 16.2. The van der Waals surface area contributed by atoms with Crippen LogP contribution in [0, 0.1) is 5.41 Å². The molecule has 0 spiro atoms. The van der Waals surface area contributed by atoms with Crippen LogP contribution in [0.15, 0.2) is 24.5 Å². The molecule has 0 unspecified atom stereocenters. The molecule has 1 saturated heterocycles. The van der Waals surface area contributed by atoms with Gasteiger partial charge in [0, 0.05) is 31.8 Å². The van der Waals surface area contributed by atoms with Gasteiger partial charge < -0.3 is 0 Å². The van der Waals surface area contributed by atoms with Crippen molar-refractivity contribution in [3.63, 3.8) is 0 Å². The molecule has 1 fully saturated rings. The van der Waals surface area contributed by atoms with Gasteiger partial charge in [0.15, 0.2) is 0 Å². The van der Waals surface area contributed by atoms with Crippen molar-refractivity contribution in [3.05, 3.63) is 30.1 Å². The Balaban J connectivity index is 1.98. The molecule has 0 radical (unpaired) electrons. The topological polar surface area (TPSA) is 50.3 Å². The predicted octanol–water partition coefficient (Wildman–Crippen LogP) is 1.80. The summed E-state index contributed by atoms with van der Waals surface area (Å²) < 4.78 is 0. The van der Waals surface area contributed by atoms with Gasteiger partial charge in [-0.1, -0.05) is 19.9 Å². The SMILES string of the molecule is CC1(C)CC(=O)N(CCc2cccnc2)C(=O)C1. The van der Waals surface area contributed by atoms with Crippen LogP contribution in [0.2, 0.25) is 0 Å². The Morgan fingerprint density at radius 3 is 2.50 bits per heavy atom. The third-order valence-electron chi connectivity index (χ3n) is 3.21. The van der Waals surface area contributed by atoms with Crippen LogP contribution in [0.4, 0.5) is 0 Å². The van der Waals surface area contributed by atoms with Gasteiger partial charge in [0.1, 0.15) is 0 Å². The Hall–Kier alpha value is -1.71. The number of carbonyl (C=O) groups is 2. The Labute approximate surface area is 107 Å². The van der Waals surface area contributed by atoms with E-state index in [1.165, 1.54) is 4.90 Å². The minimum Gasteiger partial charge on any atom is -0.282 e. The van der Waals surface area contributed by atoms with Gasteiger partial charge in [-0.15, -0.1) is 0 Å². The zero-order valence-corrected chi connectivity index (χ0v) is 10.8. The first-order chi connectivity index (χ1) is 8.48. The molecule has 18 heavy (non-hydrogen) atoms. The number of aromatic nitrogens is 1. The van der Waals surface area contributed by atoms with E-state index < -0.39 is 0 Å². The molecule has 1 aromatic heterocycles. The number of carbonyl (C=O) groups excluding carboxylic acids is 2. The second-order valence-corrected chi connectivity index (χ2v) is 5.57. The molecule has 0 N–H and O–H groups in total.